The van der Waals surface area contributed by atoms with Crippen LogP contribution in [0.3, 0.4) is 0 Å². The SMILES string of the molecule is C=CCOCC=C.CCCCOCCO. The third-order valence-electron chi connectivity index (χ3n) is 1.35. The first-order valence-electron chi connectivity index (χ1n) is 5.31. The summed E-state index contributed by atoms with van der Waals surface area (Å²) >= 11 is 0. The van der Waals surface area contributed by atoms with E-state index in [4.69, 9.17) is 14.6 Å². The Balaban J connectivity index is 0. The first-order valence-corrected chi connectivity index (χ1v) is 5.31. The summed E-state index contributed by atoms with van der Waals surface area (Å²) in [6, 6.07) is 0. The summed E-state index contributed by atoms with van der Waals surface area (Å²) in [4.78, 5) is 0. The van der Waals surface area contributed by atoms with E-state index in [0.717, 1.165) is 19.4 Å². The van der Waals surface area contributed by atoms with Crippen LogP contribution >= 0.6 is 0 Å². The normalized spacial score (nSPS) is 8.93. The van der Waals surface area contributed by atoms with Crippen molar-refractivity contribution < 1.29 is 14.6 Å². The molecule has 0 aromatic rings. The van der Waals surface area contributed by atoms with E-state index in [1.807, 2.05) is 0 Å². The highest BCUT2D eigenvalue weighted by atomic mass is 16.5. The lowest BCUT2D eigenvalue weighted by Gasteiger charge is -1.97. The van der Waals surface area contributed by atoms with Gasteiger partial charge >= 0.3 is 0 Å². The van der Waals surface area contributed by atoms with Crippen molar-refractivity contribution in [2.75, 3.05) is 33.0 Å². The van der Waals surface area contributed by atoms with Crippen LogP contribution in [0, 0.1) is 0 Å². The lowest BCUT2D eigenvalue weighted by molar-refractivity contribution is 0.0904. The molecule has 0 spiro atoms. The van der Waals surface area contributed by atoms with E-state index in [2.05, 4.69) is 20.1 Å². The summed E-state index contributed by atoms with van der Waals surface area (Å²) in [5.41, 5.74) is 0. The van der Waals surface area contributed by atoms with Crippen molar-refractivity contribution in [1.29, 1.82) is 0 Å². The Hall–Kier alpha value is -0.640. The van der Waals surface area contributed by atoms with Gasteiger partial charge in [-0.05, 0) is 6.42 Å². The van der Waals surface area contributed by atoms with Crippen LogP contribution in [0.4, 0.5) is 0 Å². The van der Waals surface area contributed by atoms with Gasteiger partial charge in [-0.15, -0.1) is 13.2 Å². The third-order valence-corrected chi connectivity index (χ3v) is 1.35. The Kier molecular flexibility index (Phi) is 21.3. The van der Waals surface area contributed by atoms with Crippen LogP contribution in [0.2, 0.25) is 0 Å². The van der Waals surface area contributed by atoms with Crippen molar-refractivity contribution in [3.05, 3.63) is 25.3 Å². The summed E-state index contributed by atoms with van der Waals surface area (Å²) in [5, 5.41) is 8.24. The average molecular weight is 216 g/mol. The summed E-state index contributed by atoms with van der Waals surface area (Å²) in [6.45, 7) is 11.7. The number of hydrogen-bond donors (Lipinski definition) is 1. The molecule has 0 heterocycles. The second-order valence-electron chi connectivity index (χ2n) is 2.80. The first kappa shape index (κ1) is 16.8. The number of hydrogen-bond acceptors (Lipinski definition) is 3. The predicted octanol–water partition coefficient (Wildman–Crippen LogP) is 2.17. The van der Waals surface area contributed by atoms with Gasteiger partial charge in [0.25, 0.3) is 0 Å². The molecule has 90 valence electrons. The molecule has 3 nitrogen and oxygen atoms in total. The van der Waals surface area contributed by atoms with Crippen molar-refractivity contribution in [1.82, 2.24) is 0 Å². The maximum atomic E-state index is 8.24. The topological polar surface area (TPSA) is 38.7 Å². The Morgan fingerprint density at radius 3 is 2.07 bits per heavy atom. The molecule has 0 amide bonds. The molecule has 0 aromatic heterocycles. The fourth-order valence-electron chi connectivity index (χ4n) is 0.648. The predicted molar refractivity (Wildman–Crippen MR) is 64.0 cm³/mol. The van der Waals surface area contributed by atoms with Gasteiger partial charge < -0.3 is 14.6 Å². The van der Waals surface area contributed by atoms with Gasteiger partial charge in [-0.25, -0.2) is 0 Å². The zero-order valence-electron chi connectivity index (χ0n) is 9.78. The maximum Gasteiger partial charge on any atom is 0.0697 e. The van der Waals surface area contributed by atoms with Crippen LogP contribution in [0.1, 0.15) is 19.8 Å². The molecule has 0 aliphatic rings. The average Bonchev–Trinajstić information content (AvgIpc) is 2.26. The van der Waals surface area contributed by atoms with Crippen LogP contribution in [0.5, 0.6) is 0 Å². The number of ether oxygens (including phenoxy) is 2. The van der Waals surface area contributed by atoms with Gasteiger partial charge in [0.15, 0.2) is 0 Å². The van der Waals surface area contributed by atoms with Gasteiger partial charge in [0.2, 0.25) is 0 Å². The van der Waals surface area contributed by atoms with E-state index in [1.54, 1.807) is 12.2 Å². The summed E-state index contributed by atoms with van der Waals surface area (Å²) < 4.78 is 9.87. The van der Waals surface area contributed by atoms with Crippen LogP contribution in [0.25, 0.3) is 0 Å². The molecule has 0 rings (SSSR count). The van der Waals surface area contributed by atoms with Crippen LogP contribution in [0.15, 0.2) is 25.3 Å². The molecule has 0 unspecified atom stereocenters. The Bertz CT molecular complexity index is 110. The molecular formula is C12H24O3. The quantitative estimate of drug-likeness (QED) is 0.474. The molecule has 15 heavy (non-hydrogen) atoms. The Labute approximate surface area is 93.4 Å². The zero-order valence-corrected chi connectivity index (χ0v) is 9.78. The van der Waals surface area contributed by atoms with Gasteiger partial charge in [0.05, 0.1) is 26.4 Å². The minimum absolute atomic E-state index is 0.143. The lowest BCUT2D eigenvalue weighted by atomic mass is 10.4. The molecule has 0 aliphatic carbocycles. The number of aliphatic hydroxyl groups is 1. The molecule has 0 saturated heterocycles. The highest BCUT2D eigenvalue weighted by Crippen LogP contribution is 1.85. The fraction of sp³-hybridized carbons (Fsp3) is 0.667. The lowest BCUT2D eigenvalue weighted by Crippen LogP contribution is -1.99. The molecule has 0 bridgehead atoms. The second kappa shape index (κ2) is 19.0. The maximum absolute atomic E-state index is 8.24. The van der Waals surface area contributed by atoms with Gasteiger partial charge in [-0.2, -0.15) is 0 Å². The molecule has 0 fully saturated rings. The van der Waals surface area contributed by atoms with Gasteiger partial charge in [0, 0.05) is 6.61 Å². The molecule has 0 aliphatic heterocycles. The summed E-state index contributed by atoms with van der Waals surface area (Å²) in [5.74, 6) is 0. The molecular weight excluding hydrogens is 192 g/mol. The standard InChI is InChI=1S/C6H14O2.C6H10O/c1-2-3-5-8-6-4-7;1-3-5-7-6-4-2/h7H,2-6H2,1H3;3-4H,1-2,5-6H2. The fourth-order valence-corrected chi connectivity index (χ4v) is 0.648. The Morgan fingerprint density at radius 1 is 1.07 bits per heavy atom. The van der Waals surface area contributed by atoms with Crippen molar-refractivity contribution in [2.45, 2.75) is 19.8 Å². The monoisotopic (exact) mass is 216 g/mol. The summed E-state index contributed by atoms with van der Waals surface area (Å²) in [6.07, 6.45) is 5.68. The largest absolute Gasteiger partial charge is 0.394 e. The van der Waals surface area contributed by atoms with Crippen molar-refractivity contribution in [2.24, 2.45) is 0 Å². The third kappa shape index (κ3) is 24.7. The van der Waals surface area contributed by atoms with E-state index in [1.165, 1.54) is 0 Å². The van der Waals surface area contributed by atoms with E-state index in [0.29, 0.717) is 19.8 Å². The summed E-state index contributed by atoms with van der Waals surface area (Å²) in [7, 11) is 0. The van der Waals surface area contributed by atoms with Crippen molar-refractivity contribution in [3.63, 3.8) is 0 Å². The van der Waals surface area contributed by atoms with E-state index in [-0.39, 0.29) is 6.61 Å². The minimum atomic E-state index is 0.143. The molecule has 0 aromatic carbocycles. The van der Waals surface area contributed by atoms with Crippen LogP contribution in [-0.4, -0.2) is 38.1 Å². The van der Waals surface area contributed by atoms with Gasteiger partial charge in [-0.1, -0.05) is 25.5 Å². The van der Waals surface area contributed by atoms with Crippen molar-refractivity contribution in [3.8, 4) is 0 Å². The van der Waals surface area contributed by atoms with Gasteiger partial charge in [-0.3, -0.25) is 0 Å². The number of rotatable bonds is 9. The van der Waals surface area contributed by atoms with Gasteiger partial charge in [0.1, 0.15) is 0 Å². The van der Waals surface area contributed by atoms with E-state index < -0.39 is 0 Å². The van der Waals surface area contributed by atoms with Crippen LogP contribution < -0.4 is 0 Å². The van der Waals surface area contributed by atoms with Crippen LogP contribution in [-0.2, 0) is 9.47 Å². The highest BCUT2D eigenvalue weighted by molar-refractivity contribution is 4.68. The molecule has 0 saturated carbocycles. The zero-order chi connectivity index (χ0) is 11.8. The van der Waals surface area contributed by atoms with E-state index >= 15 is 0 Å². The smallest absolute Gasteiger partial charge is 0.0697 e. The number of aliphatic hydroxyl groups excluding tert-OH is 1. The number of unbranched alkanes of at least 4 members (excludes halogenated alkanes) is 1. The molecule has 3 heteroatoms. The van der Waals surface area contributed by atoms with E-state index in [9.17, 15) is 0 Å². The second-order valence-corrected chi connectivity index (χ2v) is 2.80. The first-order chi connectivity index (χ1) is 7.33. The highest BCUT2D eigenvalue weighted by Gasteiger charge is 1.82. The molecule has 0 radical (unpaired) electrons. The molecule has 0 atom stereocenters. The molecule has 1 N–H and O–H groups in total. The minimum Gasteiger partial charge on any atom is -0.394 e. The van der Waals surface area contributed by atoms with Crippen molar-refractivity contribution >= 4 is 0 Å². The Morgan fingerprint density at radius 2 is 1.67 bits per heavy atom.